The molecule has 8 nitrogen and oxygen atoms in total. The van der Waals surface area contributed by atoms with Crippen molar-refractivity contribution in [3.05, 3.63) is 47.0 Å². The van der Waals surface area contributed by atoms with Crippen molar-refractivity contribution in [1.29, 1.82) is 0 Å². The van der Waals surface area contributed by atoms with E-state index in [0.29, 0.717) is 15.6 Å². The fourth-order valence-electron chi connectivity index (χ4n) is 2.81. The first kappa shape index (κ1) is 22.2. The smallest absolute Gasteiger partial charge is 0.413 e. The van der Waals surface area contributed by atoms with Gasteiger partial charge < -0.3 is 18.9 Å². The van der Waals surface area contributed by atoms with E-state index < -0.39 is 35.7 Å². The molecule has 1 aliphatic rings. The highest BCUT2D eigenvalue weighted by Crippen LogP contribution is 2.37. The Bertz CT molecular complexity index is 890. The number of aromatic nitrogens is 1. The van der Waals surface area contributed by atoms with Crippen LogP contribution in [0.1, 0.15) is 56.0 Å². The number of thiazole rings is 1. The molecule has 1 amide bonds. The van der Waals surface area contributed by atoms with Gasteiger partial charge in [0.05, 0.1) is 17.0 Å². The van der Waals surface area contributed by atoms with Crippen molar-refractivity contribution in [2.24, 2.45) is 0 Å². The Morgan fingerprint density at radius 1 is 1.27 bits per heavy atom. The van der Waals surface area contributed by atoms with Crippen molar-refractivity contribution in [3.8, 4) is 0 Å². The average Bonchev–Trinajstić information content (AvgIpc) is 3.24. The van der Waals surface area contributed by atoms with Crippen LogP contribution in [0.3, 0.4) is 0 Å². The summed E-state index contributed by atoms with van der Waals surface area (Å²) in [7, 11) is 0. The maximum absolute atomic E-state index is 12.7. The molecule has 2 aromatic rings. The molecule has 0 saturated carbocycles. The van der Waals surface area contributed by atoms with Gasteiger partial charge in [-0.25, -0.2) is 14.6 Å². The number of rotatable bonds is 5. The van der Waals surface area contributed by atoms with Crippen molar-refractivity contribution in [2.75, 3.05) is 11.9 Å². The van der Waals surface area contributed by atoms with Crippen LogP contribution in [0.15, 0.2) is 36.5 Å². The second-order valence-electron chi connectivity index (χ2n) is 8.25. The predicted octanol–water partition coefficient (Wildman–Crippen LogP) is 4.54. The maximum atomic E-state index is 12.7. The van der Waals surface area contributed by atoms with E-state index in [9.17, 15) is 9.59 Å². The fraction of sp³-hybridized carbons (Fsp3) is 0.476. The SMILES string of the molecule is CC(C)(C)OC(=O)Nc1ncc([C@H](OC(=O)c2ccccc2)[C@H]2COC(C)(C)O2)s1. The molecule has 0 bridgehead atoms. The minimum Gasteiger partial charge on any atom is -0.450 e. The number of anilines is 1. The minimum absolute atomic E-state index is 0.256. The molecule has 1 aromatic heterocycles. The molecule has 1 N–H and O–H groups in total. The monoisotopic (exact) mass is 434 g/mol. The summed E-state index contributed by atoms with van der Waals surface area (Å²) in [6, 6.07) is 8.70. The molecule has 1 aliphatic heterocycles. The van der Waals surface area contributed by atoms with E-state index >= 15 is 0 Å². The van der Waals surface area contributed by atoms with Crippen LogP contribution in [0.4, 0.5) is 9.93 Å². The summed E-state index contributed by atoms with van der Waals surface area (Å²) in [5.41, 5.74) is -0.198. The lowest BCUT2D eigenvalue weighted by Crippen LogP contribution is -2.28. The number of carbonyl (C=O) groups excluding carboxylic acids is 2. The number of esters is 1. The Morgan fingerprint density at radius 2 is 1.97 bits per heavy atom. The summed E-state index contributed by atoms with van der Waals surface area (Å²) in [6.45, 7) is 9.18. The van der Waals surface area contributed by atoms with Gasteiger partial charge in [0.1, 0.15) is 11.7 Å². The zero-order chi connectivity index (χ0) is 21.9. The van der Waals surface area contributed by atoms with Crippen LogP contribution >= 0.6 is 11.3 Å². The Balaban J connectivity index is 1.78. The van der Waals surface area contributed by atoms with E-state index in [4.69, 9.17) is 18.9 Å². The van der Waals surface area contributed by atoms with E-state index in [1.165, 1.54) is 11.3 Å². The average molecular weight is 435 g/mol. The van der Waals surface area contributed by atoms with Crippen LogP contribution < -0.4 is 5.32 Å². The summed E-state index contributed by atoms with van der Waals surface area (Å²) in [4.78, 5) is 29.5. The molecule has 1 fully saturated rings. The quantitative estimate of drug-likeness (QED) is 0.690. The molecule has 0 aliphatic carbocycles. The highest BCUT2D eigenvalue weighted by atomic mass is 32.1. The second-order valence-corrected chi connectivity index (χ2v) is 9.32. The van der Waals surface area contributed by atoms with E-state index in [1.54, 1.807) is 65.1 Å². The van der Waals surface area contributed by atoms with Crippen molar-refractivity contribution >= 4 is 28.5 Å². The molecule has 0 unspecified atom stereocenters. The Hall–Kier alpha value is -2.49. The van der Waals surface area contributed by atoms with Crippen LogP contribution in [-0.4, -0.2) is 41.1 Å². The van der Waals surface area contributed by atoms with Crippen molar-refractivity contribution in [1.82, 2.24) is 4.98 Å². The summed E-state index contributed by atoms with van der Waals surface area (Å²) in [5.74, 6) is -1.27. The molecule has 9 heteroatoms. The van der Waals surface area contributed by atoms with Crippen LogP contribution in [0.2, 0.25) is 0 Å². The number of amides is 1. The summed E-state index contributed by atoms with van der Waals surface area (Å²) >= 11 is 1.18. The Morgan fingerprint density at radius 3 is 2.57 bits per heavy atom. The first-order valence-corrected chi connectivity index (χ1v) is 10.4. The normalized spacial score (nSPS) is 19.2. The van der Waals surface area contributed by atoms with Gasteiger partial charge in [0.2, 0.25) is 0 Å². The second kappa shape index (κ2) is 8.71. The molecule has 30 heavy (non-hydrogen) atoms. The van der Waals surface area contributed by atoms with Gasteiger partial charge in [0.25, 0.3) is 0 Å². The molecule has 0 radical (unpaired) electrons. The predicted molar refractivity (Wildman–Crippen MR) is 111 cm³/mol. The van der Waals surface area contributed by atoms with Gasteiger partial charge in [0, 0.05) is 6.20 Å². The molecule has 162 valence electrons. The van der Waals surface area contributed by atoms with Crippen molar-refractivity contribution in [2.45, 2.75) is 58.2 Å². The number of nitrogens with one attached hydrogen (secondary N) is 1. The third kappa shape index (κ3) is 6.01. The Labute approximate surface area is 179 Å². The topological polar surface area (TPSA) is 96.0 Å². The third-order valence-corrected chi connectivity index (χ3v) is 5.00. The molecule has 2 atom stereocenters. The van der Waals surface area contributed by atoms with Crippen LogP contribution in [0.5, 0.6) is 0 Å². The third-order valence-electron chi connectivity index (χ3n) is 4.02. The standard InChI is InChI=1S/C21H26N2O6S/c1-20(2,3)29-19(25)23-18-22-11-15(30-18)16(14-12-26-21(4,5)28-14)27-17(24)13-9-7-6-8-10-13/h6-11,14,16H,12H2,1-5H3,(H,22,23,25)/t14-,16-/m1/s1. The van der Waals surface area contributed by atoms with Crippen molar-refractivity contribution < 1.29 is 28.5 Å². The molecule has 1 aromatic carbocycles. The lowest BCUT2D eigenvalue weighted by Gasteiger charge is -2.23. The maximum Gasteiger partial charge on any atom is 0.413 e. The zero-order valence-electron chi connectivity index (χ0n) is 17.6. The number of benzene rings is 1. The van der Waals surface area contributed by atoms with Gasteiger partial charge in [-0.15, -0.1) is 0 Å². The van der Waals surface area contributed by atoms with E-state index in [1.807, 2.05) is 6.07 Å². The number of nitrogens with zero attached hydrogens (tertiary/aromatic N) is 1. The number of hydrogen-bond acceptors (Lipinski definition) is 8. The highest BCUT2D eigenvalue weighted by Gasteiger charge is 2.41. The number of hydrogen-bond donors (Lipinski definition) is 1. The van der Waals surface area contributed by atoms with Gasteiger partial charge in [-0.3, -0.25) is 5.32 Å². The van der Waals surface area contributed by atoms with E-state index in [0.717, 1.165) is 0 Å². The van der Waals surface area contributed by atoms with Crippen LogP contribution in [-0.2, 0) is 18.9 Å². The van der Waals surface area contributed by atoms with Gasteiger partial charge in [-0.05, 0) is 46.8 Å². The lowest BCUT2D eigenvalue weighted by atomic mass is 10.2. The molecule has 0 spiro atoms. The zero-order valence-corrected chi connectivity index (χ0v) is 18.4. The highest BCUT2D eigenvalue weighted by molar-refractivity contribution is 7.15. The van der Waals surface area contributed by atoms with Crippen LogP contribution in [0.25, 0.3) is 0 Å². The molecule has 3 rings (SSSR count). The first-order valence-electron chi connectivity index (χ1n) is 9.56. The minimum atomic E-state index is -0.787. The molecule has 1 saturated heterocycles. The van der Waals surface area contributed by atoms with E-state index in [-0.39, 0.29) is 6.61 Å². The largest absolute Gasteiger partial charge is 0.450 e. The summed E-state index contributed by atoms with van der Waals surface area (Å²) < 4.78 is 22.6. The summed E-state index contributed by atoms with van der Waals surface area (Å²) in [6.07, 6.45) is -0.314. The Kier molecular flexibility index (Phi) is 6.44. The van der Waals surface area contributed by atoms with Crippen LogP contribution in [0, 0.1) is 0 Å². The molecular formula is C21H26N2O6S. The lowest BCUT2D eigenvalue weighted by molar-refractivity contribution is -0.152. The van der Waals surface area contributed by atoms with Gasteiger partial charge in [-0.2, -0.15) is 0 Å². The van der Waals surface area contributed by atoms with E-state index in [2.05, 4.69) is 10.3 Å². The summed E-state index contributed by atoms with van der Waals surface area (Å²) in [5, 5.41) is 2.93. The van der Waals surface area contributed by atoms with Gasteiger partial charge in [0.15, 0.2) is 17.0 Å². The molecular weight excluding hydrogens is 408 g/mol. The van der Waals surface area contributed by atoms with Crippen molar-refractivity contribution in [3.63, 3.8) is 0 Å². The fourth-order valence-corrected chi connectivity index (χ4v) is 3.69. The molecule has 2 heterocycles. The number of carbonyl (C=O) groups is 2. The first-order chi connectivity index (χ1) is 14.0. The van der Waals surface area contributed by atoms with Gasteiger partial charge in [-0.1, -0.05) is 29.5 Å². The number of ether oxygens (including phenoxy) is 4. The van der Waals surface area contributed by atoms with Gasteiger partial charge >= 0.3 is 12.1 Å².